The van der Waals surface area contributed by atoms with Crippen molar-refractivity contribution in [3.8, 4) is 0 Å². The van der Waals surface area contributed by atoms with Crippen LogP contribution >= 0.6 is 0 Å². The highest BCUT2D eigenvalue weighted by molar-refractivity contribution is 5.61. The van der Waals surface area contributed by atoms with Crippen molar-refractivity contribution in [2.75, 3.05) is 11.4 Å². The molecule has 0 radical (unpaired) electrons. The normalized spacial score (nSPS) is 16.7. The van der Waals surface area contributed by atoms with Gasteiger partial charge in [-0.15, -0.1) is 0 Å². The van der Waals surface area contributed by atoms with Crippen LogP contribution in [0.2, 0.25) is 0 Å². The molecule has 0 spiro atoms. The largest absolute Gasteiger partial charge is 0.349 e. The summed E-state index contributed by atoms with van der Waals surface area (Å²) in [6.45, 7) is 0.603. The van der Waals surface area contributed by atoms with Crippen LogP contribution < -0.4 is 4.90 Å². The van der Waals surface area contributed by atoms with Gasteiger partial charge in [0, 0.05) is 18.3 Å². The topological polar surface area (TPSA) is 76.6 Å². The van der Waals surface area contributed by atoms with Gasteiger partial charge in [-0.05, 0) is 37.1 Å². The molecule has 3 aromatic rings. The maximum atomic E-state index is 14.2. The number of rotatable bonds is 3. The van der Waals surface area contributed by atoms with Gasteiger partial charge in [-0.1, -0.05) is 7.43 Å². The predicted molar refractivity (Wildman–Crippen MR) is 92.1 cm³/mol. The number of fused-ring (bicyclic) bond motifs is 1. The van der Waals surface area contributed by atoms with Crippen molar-refractivity contribution in [1.29, 1.82) is 0 Å². The van der Waals surface area contributed by atoms with Crippen molar-refractivity contribution in [1.82, 2.24) is 14.6 Å². The summed E-state index contributed by atoms with van der Waals surface area (Å²) in [6.07, 6.45) is 4.14. The Bertz CT molecular complexity index is 975. The molecule has 2 aromatic heterocycles. The van der Waals surface area contributed by atoms with Crippen LogP contribution in [0.4, 0.5) is 20.3 Å². The van der Waals surface area contributed by atoms with E-state index in [0.29, 0.717) is 18.8 Å². The van der Waals surface area contributed by atoms with Gasteiger partial charge in [0.25, 0.3) is 0 Å². The van der Waals surface area contributed by atoms with Gasteiger partial charge < -0.3 is 4.90 Å². The van der Waals surface area contributed by atoms with Crippen LogP contribution in [0.25, 0.3) is 5.65 Å². The van der Waals surface area contributed by atoms with Gasteiger partial charge in [0.05, 0.1) is 11.0 Å². The van der Waals surface area contributed by atoms with Crippen LogP contribution in [-0.4, -0.2) is 26.1 Å². The molecule has 4 rings (SSSR count). The molecule has 1 aliphatic heterocycles. The average molecular weight is 361 g/mol. The molecule has 7 nitrogen and oxygen atoms in total. The van der Waals surface area contributed by atoms with Crippen LogP contribution in [0.1, 0.15) is 31.9 Å². The molecule has 3 heterocycles. The Morgan fingerprint density at radius 1 is 1.27 bits per heavy atom. The quantitative estimate of drug-likeness (QED) is 0.522. The van der Waals surface area contributed by atoms with E-state index in [1.165, 1.54) is 10.6 Å². The number of nitro groups is 1. The van der Waals surface area contributed by atoms with Gasteiger partial charge in [-0.25, -0.2) is 18.3 Å². The molecule has 0 unspecified atom stereocenters. The summed E-state index contributed by atoms with van der Waals surface area (Å²) in [5, 5.41) is 15.0. The SMILES string of the molecule is C.O=[N+]([O-])c1cnn2ccc(N3CCC[C@@H]3c3cc(F)ccc3F)nc12. The fourth-order valence-electron chi connectivity index (χ4n) is 3.27. The Labute approximate surface area is 148 Å². The summed E-state index contributed by atoms with van der Waals surface area (Å²) in [6, 6.07) is 4.68. The van der Waals surface area contributed by atoms with Gasteiger partial charge in [0.15, 0.2) is 0 Å². The summed E-state index contributed by atoms with van der Waals surface area (Å²) in [5.41, 5.74) is 0.185. The average Bonchev–Trinajstić information content (AvgIpc) is 3.22. The fraction of sp³-hybridized carbons (Fsp3) is 0.294. The van der Waals surface area contributed by atoms with E-state index in [0.717, 1.165) is 24.8 Å². The van der Waals surface area contributed by atoms with Crippen molar-refractivity contribution in [3.63, 3.8) is 0 Å². The summed E-state index contributed by atoms with van der Waals surface area (Å²) in [7, 11) is 0. The Kier molecular flexibility index (Phi) is 4.54. The molecule has 0 N–H and O–H groups in total. The van der Waals surface area contributed by atoms with Gasteiger partial charge in [0.1, 0.15) is 23.6 Å². The lowest BCUT2D eigenvalue weighted by Crippen LogP contribution is -2.24. The highest BCUT2D eigenvalue weighted by Crippen LogP contribution is 2.37. The smallest absolute Gasteiger partial charge is 0.333 e. The van der Waals surface area contributed by atoms with E-state index in [-0.39, 0.29) is 30.4 Å². The summed E-state index contributed by atoms with van der Waals surface area (Å²) >= 11 is 0. The standard InChI is InChI=1S/C16H13F2N5O2.CH4/c17-10-3-4-12(18)11(8-10)13-2-1-6-21(13)15-5-7-22-16(20-15)14(9-19-22)23(24)25;/h3-5,7-9,13H,1-2,6H2;1H4/t13-;/m1./s1. The third-order valence-electron chi connectivity index (χ3n) is 4.40. The zero-order chi connectivity index (χ0) is 17.6. The summed E-state index contributed by atoms with van der Waals surface area (Å²) in [4.78, 5) is 16.7. The first kappa shape index (κ1) is 17.7. The van der Waals surface area contributed by atoms with E-state index in [1.807, 2.05) is 4.90 Å². The second kappa shape index (κ2) is 6.66. The van der Waals surface area contributed by atoms with E-state index in [9.17, 15) is 18.9 Å². The number of benzene rings is 1. The van der Waals surface area contributed by atoms with Crippen molar-refractivity contribution < 1.29 is 13.7 Å². The zero-order valence-electron chi connectivity index (χ0n) is 13.0. The number of aromatic nitrogens is 3. The van der Waals surface area contributed by atoms with Crippen molar-refractivity contribution in [3.05, 3.63) is 64.0 Å². The molecule has 26 heavy (non-hydrogen) atoms. The maximum absolute atomic E-state index is 14.2. The first-order valence-electron chi connectivity index (χ1n) is 7.75. The molecule has 1 saturated heterocycles. The lowest BCUT2D eigenvalue weighted by atomic mass is 10.0. The molecule has 0 bridgehead atoms. The van der Waals surface area contributed by atoms with E-state index < -0.39 is 16.6 Å². The molecular weight excluding hydrogens is 344 g/mol. The number of nitrogens with zero attached hydrogens (tertiary/aromatic N) is 5. The van der Waals surface area contributed by atoms with Crippen LogP contribution in [0.15, 0.2) is 36.7 Å². The predicted octanol–water partition coefficient (Wildman–Crippen LogP) is 3.89. The van der Waals surface area contributed by atoms with E-state index >= 15 is 0 Å². The molecular formula is C17H17F2N5O2. The Hall–Kier alpha value is -3.10. The lowest BCUT2D eigenvalue weighted by Gasteiger charge is -2.26. The minimum absolute atomic E-state index is 0. The van der Waals surface area contributed by atoms with Crippen LogP contribution in [0.5, 0.6) is 0 Å². The third kappa shape index (κ3) is 2.85. The Balaban J connectivity index is 0.00000196. The van der Waals surface area contributed by atoms with Gasteiger partial charge >= 0.3 is 5.69 Å². The van der Waals surface area contributed by atoms with Crippen LogP contribution in [0.3, 0.4) is 0 Å². The molecule has 136 valence electrons. The van der Waals surface area contributed by atoms with E-state index in [1.54, 1.807) is 12.3 Å². The van der Waals surface area contributed by atoms with Crippen LogP contribution in [-0.2, 0) is 0 Å². The lowest BCUT2D eigenvalue weighted by molar-refractivity contribution is -0.383. The Morgan fingerprint density at radius 2 is 2.08 bits per heavy atom. The number of hydrogen-bond donors (Lipinski definition) is 0. The first-order chi connectivity index (χ1) is 12.0. The van der Waals surface area contributed by atoms with Crippen molar-refractivity contribution in [2.24, 2.45) is 0 Å². The summed E-state index contributed by atoms with van der Waals surface area (Å²) < 4.78 is 29.0. The maximum Gasteiger partial charge on any atom is 0.333 e. The molecule has 1 fully saturated rings. The minimum atomic E-state index is -0.549. The van der Waals surface area contributed by atoms with Crippen molar-refractivity contribution >= 4 is 17.2 Å². The van der Waals surface area contributed by atoms with E-state index in [2.05, 4.69) is 10.1 Å². The second-order valence-corrected chi connectivity index (χ2v) is 5.86. The zero-order valence-corrected chi connectivity index (χ0v) is 13.0. The van der Waals surface area contributed by atoms with Crippen molar-refractivity contribution in [2.45, 2.75) is 26.3 Å². The van der Waals surface area contributed by atoms with Gasteiger partial charge in [-0.3, -0.25) is 10.1 Å². The monoisotopic (exact) mass is 361 g/mol. The van der Waals surface area contributed by atoms with Gasteiger partial charge in [0.2, 0.25) is 5.65 Å². The highest BCUT2D eigenvalue weighted by Gasteiger charge is 2.30. The number of hydrogen-bond acceptors (Lipinski definition) is 5. The minimum Gasteiger partial charge on any atom is -0.349 e. The molecule has 1 atom stereocenters. The number of halogens is 2. The number of anilines is 1. The molecule has 0 aliphatic carbocycles. The molecule has 9 heteroatoms. The first-order valence-corrected chi connectivity index (χ1v) is 7.75. The molecule has 1 aliphatic rings. The highest BCUT2D eigenvalue weighted by atomic mass is 19.1. The van der Waals surface area contributed by atoms with E-state index in [4.69, 9.17) is 0 Å². The molecule has 1 aromatic carbocycles. The Morgan fingerprint density at radius 3 is 2.85 bits per heavy atom. The third-order valence-corrected chi connectivity index (χ3v) is 4.40. The molecule has 0 amide bonds. The van der Waals surface area contributed by atoms with Gasteiger partial charge in [-0.2, -0.15) is 5.10 Å². The summed E-state index contributed by atoms with van der Waals surface area (Å²) in [5.74, 6) is -0.505. The molecule has 0 saturated carbocycles. The second-order valence-electron chi connectivity index (χ2n) is 5.86. The van der Waals surface area contributed by atoms with Crippen LogP contribution in [0, 0.1) is 21.7 Å². The fourth-order valence-corrected chi connectivity index (χ4v) is 3.27.